The van der Waals surface area contributed by atoms with Gasteiger partial charge in [-0.1, -0.05) is 17.3 Å². The van der Waals surface area contributed by atoms with Gasteiger partial charge in [0.2, 0.25) is 0 Å². The van der Waals surface area contributed by atoms with Crippen molar-refractivity contribution in [3.8, 4) is 5.75 Å². The number of anilines is 2. The Morgan fingerprint density at radius 1 is 1.30 bits per heavy atom. The molecule has 2 rings (SSSR count). The van der Waals surface area contributed by atoms with Crippen LogP contribution in [-0.4, -0.2) is 30.2 Å². The molecular formula is C14H16N4O2. The Hall–Kier alpha value is -2.76. The number of ether oxygens (including phenoxy) is 1. The summed E-state index contributed by atoms with van der Waals surface area (Å²) in [6.07, 6.45) is 0. The van der Waals surface area contributed by atoms with Gasteiger partial charge in [0.15, 0.2) is 5.84 Å². The molecule has 104 valence electrons. The third-order valence-electron chi connectivity index (χ3n) is 2.89. The summed E-state index contributed by atoms with van der Waals surface area (Å²) in [7, 11) is 3.50. The largest absolute Gasteiger partial charge is 0.497 e. The Morgan fingerprint density at radius 2 is 2.05 bits per heavy atom. The maximum absolute atomic E-state index is 8.70. The molecule has 0 radical (unpaired) electrons. The summed E-state index contributed by atoms with van der Waals surface area (Å²) >= 11 is 0. The molecule has 2 aromatic rings. The van der Waals surface area contributed by atoms with Crippen LogP contribution in [0.5, 0.6) is 5.75 Å². The molecule has 0 aliphatic rings. The van der Waals surface area contributed by atoms with Gasteiger partial charge < -0.3 is 20.6 Å². The maximum Gasteiger partial charge on any atom is 0.188 e. The summed E-state index contributed by atoms with van der Waals surface area (Å²) < 4.78 is 5.20. The fraction of sp³-hybridized carbons (Fsp3) is 0.143. The van der Waals surface area contributed by atoms with Crippen LogP contribution in [-0.2, 0) is 0 Å². The molecule has 0 spiro atoms. The van der Waals surface area contributed by atoms with E-state index in [0.717, 1.165) is 11.4 Å². The average Bonchev–Trinajstić information content (AvgIpc) is 2.53. The Morgan fingerprint density at radius 3 is 2.75 bits per heavy atom. The van der Waals surface area contributed by atoms with Gasteiger partial charge in [0, 0.05) is 18.8 Å². The van der Waals surface area contributed by atoms with E-state index in [2.05, 4.69) is 10.1 Å². The van der Waals surface area contributed by atoms with Gasteiger partial charge in [-0.25, -0.2) is 4.98 Å². The first-order chi connectivity index (χ1) is 9.65. The minimum absolute atomic E-state index is 0.0223. The van der Waals surface area contributed by atoms with Gasteiger partial charge in [0.25, 0.3) is 0 Å². The van der Waals surface area contributed by atoms with E-state index in [4.69, 9.17) is 15.7 Å². The van der Waals surface area contributed by atoms with Gasteiger partial charge in [-0.3, -0.25) is 0 Å². The van der Waals surface area contributed by atoms with Crippen molar-refractivity contribution < 1.29 is 9.94 Å². The molecule has 0 unspecified atom stereocenters. The van der Waals surface area contributed by atoms with E-state index in [1.165, 1.54) is 0 Å². The van der Waals surface area contributed by atoms with Crippen LogP contribution in [0.3, 0.4) is 0 Å². The van der Waals surface area contributed by atoms with Crippen LogP contribution >= 0.6 is 0 Å². The minimum Gasteiger partial charge on any atom is -0.497 e. The quantitative estimate of drug-likeness (QED) is 0.384. The van der Waals surface area contributed by atoms with Crippen LogP contribution in [0.25, 0.3) is 0 Å². The van der Waals surface area contributed by atoms with E-state index in [-0.39, 0.29) is 5.84 Å². The molecule has 0 atom stereocenters. The number of methoxy groups -OCH3 is 1. The van der Waals surface area contributed by atoms with Crippen LogP contribution < -0.4 is 15.4 Å². The highest BCUT2D eigenvalue weighted by Crippen LogP contribution is 2.25. The highest BCUT2D eigenvalue weighted by atomic mass is 16.5. The van der Waals surface area contributed by atoms with Crippen molar-refractivity contribution in [2.45, 2.75) is 0 Å². The Labute approximate surface area is 117 Å². The van der Waals surface area contributed by atoms with Gasteiger partial charge in [0.1, 0.15) is 17.3 Å². The number of nitrogens with zero attached hydrogens (tertiary/aromatic N) is 3. The zero-order chi connectivity index (χ0) is 14.5. The molecule has 0 bridgehead atoms. The first-order valence-corrected chi connectivity index (χ1v) is 5.98. The second kappa shape index (κ2) is 5.92. The summed E-state index contributed by atoms with van der Waals surface area (Å²) in [6.45, 7) is 0. The van der Waals surface area contributed by atoms with Crippen molar-refractivity contribution in [1.82, 2.24) is 4.98 Å². The van der Waals surface area contributed by atoms with Gasteiger partial charge >= 0.3 is 0 Å². The highest BCUT2D eigenvalue weighted by Gasteiger charge is 2.08. The fourth-order valence-electron chi connectivity index (χ4n) is 1.76. The molecule has 1 aromatic heterocycles. The molecule has 1 aromatic carbocycles. The molecule has 0 saturated heterocycles. The summed E-state index contributed by atoms with van der Waals surface area (Å²) in [4.78, 5) is 6.23. The monoisotopic (exact) mass is 272 g/mol. The normalized spacial score (nSPS) is 11.2. The van der Waals surface area contributed by atoms with Gasteiger partial charge in [-0.15, -0.1) is 0 Å². The van der Waals surface area contributed by atoms with Crippen molar-refractivity contribution >= 4 is 17.3 Å². The standard InChI is InChI=1S/C14H16N4O2/c1-18(10-5-3-6-11(9-10)20-2)13-8-4-7-12(16-13)14(15)17-19/h3-9,19H,1-2H3,(H2,15,17). The molecule has 0 amide bonds. The number of oxime groups is 1. The number of aromatic nitrogens is 1. The second-order valence-corrected chi connectivity index (χ2v) is 4.13. The Bertz CT molecular complexity index is 628. The Kier molecular flexibility index (Phi) is 4.05. The third kappa shape index (κ3) is 2.80. The third-order valence-corrected chi connectivity index (χ3v) is 2.89. The lowest BCUT2D eigenvalue weighted by atomic mass is 10.2. The lowest BCUT2D eigenvalue weighted by Crippen LogP contribution is -2.18. The number of hydrogen-bond acceptors (Lipinski definition) is 5. The van der Waals surface area contributed by atoms with Crippen molar-refractivity contribution in [3.63, 3.8) is 0 Å². The molecule has 0 saturated carbocycles. The topological polar surface area (TPSA) is 84.0 Å². The molecule has 0 aliphatic heterocycles. The van der Waals surface area contributed by atoms with Crippen molar-refractivity contribution in [2.24, 2.45) is 10.9 Å². The first kappa shape index (κ1) is 13.7. The molecule has 6 heteroatoms. The molecule has 20 heavy (non-hydrogen) atoms. The zero-order valence-electron chi connectivity index (χ0n) is 11.3. The van der Waals surface area contributed by atoms with Crippen LogP contribution in [0.4, 0.5) is 11.5 Å². The average molecular weight is 272 g/mol. The van der Waals surface area contributed by atoms with Crippen LogP contribution in [0.2, 0.25) is 0 Å². The molecule has 0 fully saturated rings. The fourth-order valence-corrected chi connectivity index (χ4v) is 1.76. The van der Waals surface area contributed by atoms with E-state index < -0.39 is 0 Å². The molecule has 6 nitrogen and oxygen atoms in total. The number of nitrogens with two attached hydrogens (primary N) is 1. The molecule has 0 aliphatic carbocycles. The smallest absolute Gasteiger partial charge is 0.188 e. The van der Waals surface area contributed by atoms with Gasteiger partial charge in [0.05, 0.1) is 7.11 Å². The van der Waals surface area contributed by atoms with Gasteiger partial charge in [-0.2, -0.15) is 0 Å². The number of benzene rings is 1. The van der Waals surface area contributed by atoms with Crippen LogP contribution in [0.1, 0.15) is 5.69 Å². The summed E-state index contributed by atoms with van der Waals surface area (Å²) in [5.74, 6) is 1.43. The van der Waals surface area contributed by atoms with E-state index >= 15 is 0 Å². The SMILES string of the molecule is COc1cccc(N(C)c2cccc(C(N)=NO)n2)c1. The molecular weight excluding hydrogens is 256 g/mol. The predicted octanol–water partition coefficient (Wildman–Crippen LogP) is 1.95. The molecule has 3 N–H and O–H groups in total. The number of pyridine rings is 1. The predicted molar refractivity (Wildman–Crippen MR) is 77.8 cm³/mol. The summed E-state index contributed by atoms with van der Waals surface area (Å²) in [5.41, 5.74) is 6.89. The Balaban J connectivity index is 2.35. The van der Waals surface area contributed by atoms with E-state index in [9.17, 15) is 0 Å². The van der Waals surface area contributed by atoms with E-state index in [0.29, 0.717) is 11.5 Å². The zero-order valence-corrected chi connectivity index (χ0v) is 11.3. The number of amidine groups is 1. The molecule has 1 heterocycles. The van der Waals surface area contributed by atoms with Crippen LogP contribution in [0.15, 0.2) is 47.6 Å². The van der Waals surface area contributed by atoms with Crippen molar-refractivity contribution in [3.05, 3.63) is 48.2 Å². The highest BCUT2D eigenvalue weighted by molar-refractivity contribution is 5.95. The first-order valence-electron chi connectivity index (χ1n) is 5.98. The van der Waals surface area contributed by atoms with E-state index in [1.54, 1.807) is 19.2 Å². The minimum atomic E-state index is -0.0223. The number of hydrogen-bond donors (Lipinski definition) is 2. The van der Waals surface area contributed by atoms with Crippen LogP contribution in [0, 0.1) is 0 Å². The van der Waals surface area contributed by atoms with Crippen molar-refractivity contribution in [2.75, 3.05) is 19.1 Å². The number of rotatable bonds is 4. The lowest BCUT2D eigenvalue weighted by Gasteiger charge is -2.19. The van der Waals surface area contributed by atoms with Gasteiger partial charge in [-0.05, 0) is 24.3 Å². The van der Waals surface area contributed by atoms with E-state index in [1.807, 2.05) is 42.3 Å². The van der Waals surface area contributed by atoms with Crippen molar-refractivity contribution in [1.29, 1.82) is 0 Å². The lowest BCUT2D eigenvalue weighted by molar-refractivity contribution is 0.318. The second-order valence-electron chi connectivity index (χ2n) is 4.13. The summed E-state index contributed by atoms with van der Waals surface area (Å²) in [6, 6.07) is 12.9. The summed E-state index contributed by atoms with van der Waals surface area (Å²) in [5, 5.41) is 11.6. The maximum atomic E-state index is 8.70.